The van der Waals surface area contributed by atoms with Crippen molar-refractivity contribution < 1.29 is 4.79 Å². The molecule has 2 nitrogen and oxygen atoms in total. The summed E-state index contributed by atoms with van der Waals surface area (Å²) in [5.74, 6) is 1.40. The number of likely N-dealkylation sites (tertiary alicyclic amines) is 1. The number of carbonyl (C=O) groups is 1. The van der Waals surface area contributed by atoms with E-state index >= 15 is 0 Å². The number of hydrogen-bond acceptors (Lipinski definition) is 2. The number of aldehydes is 1. The first kappa shape index (κ1) is 17.5. The van der Waals surface area contributed by atoms with E-state index in [-0.39, 0.29) is 0 Å². The summed E-state index contributed by atoms with van der Waals surface area (Å²) in [5.41, 5.74) is 5.05. The Labute approximate surface area is 157 Å². The summed E-state index contributed by atoms with van der Waals surface area (Å²) < 4.78 is 0. The van der Waals surface area contributed by atoms with Gasteiger partial charge in [-0.2, -0.15) is 0 Å². The van der Waals surface area contributed by atoms with Gasteiger partial charge < -0.3 is 4.90 Å². The molecule has 4 rings (SSSR count). The van der Waals surface area contributed by atoms with Crippen molar-refractivity contribution in [1.82, 2.24) is 4.90 Å². The molecule has 2 aliphatic rings. The van der Waals surface area contributed by atoms with Crippen molar-refractivity contribution in [1.29, 1.82) is 0 Å². The highest BCUT2D eigenvalue weighted by Gasteiger charge is 2.33. The van der Waals surface area contributed by atoms with Crippen LogP contribution in [0.15, 0.2) is 48.5 Å². The van der Waals surface area contributed by atoms with Crippen molar-refractivity contribution in [2.45, 2.75) is 56.9 Å². The summed E-state index contributed by atoms with van der Waals surface area (Å²) in [6.45, 7) is 4.63. The third-order valence-corrected chi connectivity index (χ3v) is 6.59. The number of hydrogen-bond donors (Lipinski definition) is 0. The average molecular weight is 348 g/mol. The summed E-state index contributed by atoms with van der Waals surface area (Å²) in [4.78, 5) is 13.7. The van der Waals surface area contributed by atoms with Crippen LogP contribution in [0.3, 0.4) is 0 Å². The fourth-order valence-electron chi connectivity index (χ4n) is 5.13. The molecule has 1 saturated carbocycles. The van der Waals surface area contributed by atoms with Gasteiger partial charge in [0.1, 0.15) is 6.29 Å². The van der Waals surface area contributed by atoms with Crippen molar-refractivity contribution in [3.05, 3.63) is 70.8 Å². The quantitative estimate of drug-likeness (QED) is 0.697. The molecule has 0 radical (unpaired) electrons. The van der Waals surface area contributed by atoms with Crippen LogP contribution < -0.4 is 0 Å². The second kappa shape index (κ2) is 7.75. The van der Waals surface area contributed by atoms with Crippen molar-refractivity contribution in [3.63, 3.8) is 0 Å². The lowest BCUT2D eigenvalue weighted by Gasteiger charge is -2.36. The van der Waals surface area contributed by atoms with Crippen molar-refractivity contribution in [2.75, 3.05) is 13.1 Å². The first-order chi connectivity index (χ1) is 12.7. The molecule has 2 unspecified atom stereocenters. The summed E-state index contributed by atoms with van der Waals surface area (Å²) in [6.07, 6.45) is 7.40. The molecule has 0 bridgehead atoms. The molecule has 2 aromatic rings. The number of carbonyl (C=O) groups excluding carboxylic acids is 1. The SMILES string of the molecule is Cc1cc(C=O)ccc1C1CCC(N2CCC(c3ccccc3)CC2)C1. The number of nitrogens with zero attached hydrogens (tertiary/aromatic N) is 1. The highest BCUT2D eigenvalue weighted by molar-refractivity contribution is 5.75. The van der Waals surface area contributed by atoms with E-state index in [2.05, 4.69) is 48.2 Å². The number of rotatable bonds is 4. The Morgan fingerprint density at radius 3 is 2.38 bits per heavy atom. The van der Waals surface area contributed by atoms with E-state index in [1.807, 2.05) is 12.1 Å². The minimum absolute atomic E-state index is 0.660. The monoisotopic (exact) mass is 347 g/mol. The number of piperidine rings is 1. The predicted molar refractivity (Wildman–Crippen MR) is 107 cm³/mol. The highest BCUT2D eigenvalue weighted by Crippen LogP contribution is 2.40. The van der Waals surface area contributed by atoms with Crippen molar-refractivity contribution in [2.24, 2.45) is 0 Å². The van der Waals surface area contributed by atoms with Gasteiger partial charge in [0, 0.05) is 11.6 Å². The van der Waals surface area contributed by atoms with Gasteiger partial charge in [0.25, 0.3) is 0 Å². The van der Waals surface area contributed by atoms with Gasteiger partial charge in [0.2, 0.25) is 0 Å². The van der Waals surface area contributed by atoms with Gasteiger partial charge in [-0.3, -0.25) is 4.79 Å². The van der Waals surface area contributed by atoms with Crippen LogP contribution in [0, 0.1) is 6.92 Å². The Kier molecular flexibility index (Phi) is 5.21. The number of aryl methyl sites for hydroxylation is 1. The molecule has 1 heterocycles. The van der Waals surface area contributed by atoms with Crippen LogP contribution >= 0.6 is 0 Å². The Morgan fingerprint density at radius 2 is 1.69 bits per heavy atom. The molecule has 1 aliphatic carbocycles. The standard InChI is InChI=1S/C24H29NO/c1-18-15-19(17-26)7-10-24(18)22-8-9-23(16-22)25-13-11-21(12-14-25)20-5-3-2-4-6-20/h2-7,10,15,17,21-23H,8-9,11-14,16H2,1H3. The van der Waals surface area contributed by atoms with Gasteiger partial charge >= 0.3 is 0 Å². The Bertz CT molecular complexity index is 746. The third-order valence-electron chi connectivity index (χ3n) is 6.59. The van der Waals surface area contributed by atoms with Crippen LogP contribution in [0.1, 0.15) is 71.0 Å². The van der Waals surface area contributed by atoms with Crippen LogP contribution in [0.5, 0.6) is 0 Å². The molecule has 26 heavy (non-hydrogen) atoms. The molecular weight excluding hydrogens is 318 g/mol. The van der Waals surface area contributed by atoms with Gasteiger partial charge in [0.05, 0.1) is 0 Å². The topological polar surface area (TPSA) is 20.3 Å². The lowest BCUT2D eigenvalue weighted by atomic mass is 9.88. The zero-order valence-electron chi connectivity index (χ0n) is 15.7. The zero-order chi connectivity index (χ0) is 17.9. The van der Waals surface area contributed by atoms with Gasteiger partial charge in [-0.25, -0.2) is 0 Å². The van der Waals surface area contributed by atoms with Crippen LogP contribution in [0.4, 0.5) is 0 Å². The fraction of sp³-hybridized carbons (Fsp3) is 0.458. The van der Waals surface area contributed by atoms with Gasteiger partial charge in [-0.1, -0.05) is 42.5 Å². The van der Waals surface area contributed by atoms with Gasteiger partial charge in [0.15, 0.2) is 0 Å². The molecule has 136 valence electrons. The smallest absolute Gasteiger partial charge is 0.150 e. The van der Waals surface area contributed by atoms with E-state index in [1.165, 1.54) is 61.9 Å². The van der Waals surface area contributed by atoms with Crippen molar-refractivity contribution >= 4 is 6.29 Å². The Morgan fingerprint density at radius 1 is 0.923 bits per heavy atom. The minimum Gasteiger partial charge on any atom is -0.300 e. The lowest BCUT2D eigenvalue weighted by molar-refractivity contribution is 0.112. The molecule has 0 spiro atoms. The largest absolute Gasteiger partial charge is 0.300 e. The van der Waals surface area contributed by atoms with E-state index in [0.717, 1.165) is 23.8 Å². The second-order valence-corrected chi connectivity index (χ2v) is 8.12. The molecule has 0 aromatic heterocycles. The highest BCUT2D eigenvalue weighted by atomic mass is 16.1. The van der Waals surface area contributed by atoms with Gasteiger partial charge in [-0.15, -0.1) is 0 Å². The maximum absolute atomic E-state index is 11.0. The van der Waals surface area contributed by atoms with E-state index in [1.54, 1.807) is 0 Å². The predicted octanol–water partition coefficient (Wildman–Crippen LogP) is 5.32. The molecular formula is C24H29NO. The Balaban J connectivity index is 1.35. The normalized spacial score (nSPS) is 24.7. The van der Waals surface area contributed by atoms with Crippen LogP contribution in [0.2, 0.25) is 0 Å². The van der Waals surface area contributed by atoms with Crippen LogP contribution in [-0.2, 0) is 0 Å². The van der Waals surface area contributed by atoms with E-state index in [9.17, 15) is 4.79 Å². The zero-order valence-corrected chi connectivity index (χ0v) is 15.7. The molecule has 2 aromatic carbocycles. The summed E-state index contributed by atoms with van der Waals surface area (Å²) in [7, 11) is 0. The second-order valence-electron chi connectivity index (χ2n) is 8.12. The summed E-state index contributed by atoms with van der Waals surface area (Å²) >= 11 is 0. The van der Waals surface area contributed by atoms with E-state index in [0.29, 0.717) is 5.92 Å². The molecule has 0 amide bonds. The average Bonchev–Trinajstić information content (AvgIpc) is 3.18. The fourth-order valence-corrected chi connectivity index (χ4v) is 5.13. The van der Waals surface area contributed by atoms with Gasteiger partial charge in [-0.05, 0) is 86.7 Å². The molecule has 1 aliphatic heterocycles. The molecule has 2 fully saturated rings. The lowest BCUT2D eigenvalue weighted by Crippen LogP contribution is -2.39. The Hall–Kier alpha value is -1.93. The summed E-state index contributed by atoms with van der Waals surface area (Å²) in [5, 5.41) is 0. The first-order valence-corrected chi connectivity index (χ1v) is 10.1. The molecule has 1 saturated heterocycles. The maximum Gasteiger partial charge on any atom is 0.150 e. The maximum atomic E-state index is 11.0. The minimum atomic E-state index is 0.660. The summed E-state index contributed by atoms with van der Waals surface area (Å²) in [6, 6.07) is 18.0. The third kappa shape index (κ3) is 3.61. The van der Waals surface area contributed by atoms with Crippen LogP contribution in [0.25, 0.3) is 0 Å². The molecule has 0 N–H and O–H groups in total. The van der Waals surface area contributed by atoms with E-state index in [4.69, 9.17) is 0 Å². The molecule has 2 atom stereocenters. The molecule has 2 heteroatoms. The van der Waals surface area contributed by atoms with Crippen LogP contribution in [-0.4, -0.2) is 30.3 Å². The first-order valence-electron chi connectivity index (χ1n) is 10.1. The van der Waals surface area contributed by atoms with Crippen molar-refractivity contribution in [3.8, 4) is 0 Å². The van der Waals surface area contributed by atoms with E-state index < -0.39 is 0 Å². The number of benzene rings is 2.